The topological polar surface area (TPSA) is 95.5 Å². The molecule has 21 heavy (non-hydrogen) atoms. The first-order valence-electron chi connectivity index (χ1n) is 7.77. The van der Waals surface area contributed by atoms with Gasteiger partial charge in [0.1, 0.15) is 6.10 Å². The fourth-order valence-corrected chi connectivity index (χ4v) is 3.17. The van der Waals surface area contributed by atoms with Crippen molar-refractivity contribution in [3.05, 3.63) is 0 Å². The first-order chi connectivity index (χ1) is 9.90. The normalized spacial score (nSPS) is 18.4. The standard InChI is InChI=1S/C14H27NO5S/c1-2-3-9-14(16)20-13(11-21(17,18)19)10-15-12-7-5-4-6-8-12/h12-13,15H,2-11H2,1H3,(H,17,18,19)/p-1. The molecular formula is C14H26NO5S-. The highest BCUT2D eigenvalue weighted by molar-refractivity contribution is 7.85. The van der Waals surface area contributed by atoms with Crippen LogP contribution in [0.25, 0.3) is 0 Å². The Labute approximate surface area is 127 Å². The van der Waals surface area contributed by atoms with Gasteiger partial charge >= 0.3 is 5.97 Å². The predicted molar refractivity (Wildman–Crippen MR) is 78.8 cm³/mol. The number of esters is 1. The van der Waals surface area contributed by atoms with Crippen molar-refractivity contribution in [2.45, 2.75) is 70.4 Å². The highest BCUT2D eigenvalue weighted by atomic mass is 32.2. The lowest BCUT2D eigenvalue weighted by atomic mass is 9.95. The predicted octanol–water partition coefficient (Wildman–Crippen LogP) is 1.56. The Kier molecular flexibility index (Phi) is 8.21. The van der Waals surface area contributed by atoms with E-state index >= 15 is 0 Å². The van der Waals surface area contributed by atoms with E-state index in [1.807, 2.05) is 6.92 Å². The Morgan fingerprint density at radius 3 is 2.57 bits per heavy atom. The molecule has 1 atom stereocenters. The second-order valence-corrected chi connectivity index (χ2v) is 7.13. The van der Waals surface area contributed by atoms with E-state index in [-0.39, 0.29) is 13.0 Å². The van der Waals surface area contributed by atoms with Gasteiger partial charge in [-0.05, 0) is 19.3 Å². The maximum atomic E-state index is 11.6. The van der Waals surface area contributed by atoms with E-state index in [0.717, 1.165) is 32.1 Å². The third kappa shape index (κ3) is 9.06. The summed E-state index contributed by atoms with van der Waals surface area (Å²) >= 11 is 0. The molecule has 1 fully saturated rings. The van der Waals surface area contributed by atoms with Crippen LogP contribution >= 0.6 is 0 Å². The van der Waals surface area contributed by atoms with E-state index in [1.54, 1.807) is 0 Å². The molecule has 6 nitrogen and oxygen atoms in total. The van der Waals surface area contributed by atoms with Crippen LogP contribution in [0.3, 0.4) is 0 Å². The second-order valence-electron chi connectivity index (χ2n) is 5.68. The highest BCUT2D eigenvalue weighted by Gasteiger charge is 2.20. The van der Waals surface area contributed by atoms with E-state index in [2.05, 4.69) is 5.32 Å². The molecule has 0 aliphatic heterocycles. The minimum Gasteiger partial charge on any atom is -0.748 e. The van der Waals surface area contributed by atoms with Crippen molar-refractivity contribution in [3.8, 4) is 0 Å². The van der Waals surface area contributed by atoms with Gasteiger partial charge in [0.15, 0.2) is 0 Å². The van der Waals surface area contributed by atoms with Crippen LogP contribution in [0, 0.1) is 0 Å². The molecule has 1 unspecified atom stereocenters. The van der Waals surface area contributed by atoms with Crippen molar-refractivity contribution >= 4 is 16.1 Å². The third-order valence-corrected chi connectivity index (χ3v) is 4.44. The van der Waals surface area contributed by atoms with Crippen LogP contribution in [-0.2, 0) is 19.6 Å². The summed E-state index contributed by atoms with van der Waals surface area (Å²) < 4.78 is 37.9. The van der Waals surface area contributed by atoms with Gasteiger partial charge in [-0.3, -0.25) is 4.79 Å². The monoisotopic (exact) mass is 320 g/mol. The summed E-state index contributed by atoms with van der Waals surface area (Å²) in [5.41, 5.74) is 0. The number of rotatable bonds is 9. The van der Waals surface area contributed by atoms with Crippen LogP contribution in [-0.4, -0.2) is 43.4 Å². The largest absolute Gasteiger partial charge is 0.748 e. The summed E-state index contributed by atoms with van der Waals surface area (Å²) in [5, 5.41) is 3.23. The Morgan fingerprint density at radius 1 is 1.33 bits per heavy atom. The Bertz CT molecular complexity index is 404. The Balaban J connectivity index is 2.44. The van der Waals surface area contributed by atoms with Crippen LogP contribution in [0.1, 0.15) is 58.3 Å². The number of nitrogens with one attached hydrogen (secondary N) is 1. The maximum absolute atomic E-state index is 11.6. The molecule has 0 aromatic heterocycles. The molecule has 0 heterocycles. The number of ether oxygens (including phenoxy) is 1. The lowest BCUT2D eigenvalue weighted by molar-refractivity contribution is -0.148. The molecule has 0 bridgehead atoms. The van der Waals surface area contributed by atoms with E-state index in [0.29, 0.717) is 12.5 Å². The quantitative estimate of drug-likeness (QED) is 0.511. The Hall–Kier alpha value is -0.660. The molecule has 124 valence electrons. The van der Waals surface area contributed by atoms with Crippen LogP contribution in [0.5, 0.6) is 0 Å². The zero-order chi connectivity index (χ0) is 15.7. The number of hydrogen-bond acceptors (Lipinski definition) is 6. The molecule has 1 rings (SSSR count). The lowest BCUT2D eigenvalue weighted by Gasteiger charge is -2.26. The summed E-state index contributed by atoms with van der Waals surface area (Å²) in [6.45, 7) is 2.18. The Morgan fingerprint density at radius 2 is 2.00 bits per heavy atom. The van der Waals surface area contributed by atoms with Crippen LogP contribution < -0.4 is 5.32 Å². The van der Waals surface area contributed by atoms with E-state index < -0.39 is 27.9 Å². The van der Waals surface area contributed by atoms with Gasteiger partial charge in [-0.2, -0.15) is 0 Å². The molecule has 7 heteroatoms. The molecule has 0 aromatic carbocycles. The molecule has 1 saturated carbocycles. The third-order valence-electron chi connectivity index (χ3n) is 3.66. The second kappa shape index (κ2) is 9.38. The fraction of sp³-hybridized carbons (Fsp3) is 0.929. The van der Waals surface area contributed by atoms with Gasteiger partial charge < -0.3 is 14.6 Å². The highest BCUT2D eigenvalue weighted by Crippen LogP contribution is 2.17. The fourth-order valence-electron chi connectivity index (χ4n) is 2.53. The van der Waals surface area contributed by atoms with Gasteiger partial charge in [0.05, 0.1) is 15.9 Å². The first kappa shape index (κ1) is 18.4. The summed E-state index contributed by atoms with van der Waals surface area (Å²) in [5.74, 6) is -1.10. The molecule has 0 amide bonds. The van der Waals surface area contributed by atoms with Crippen LogP contribution in [0.4, 0.5) is 0 Å². The minimum atomic E-state index is -4.41. The zero-order valence-electron chi connectivity index (χ0n) is 12.7. The first-order valence-corrected chi connectivity index (χ1v) is 9.35. The number of unbranched alkanes of at least 4 members (excludes halogenated alkanes) is 1. The SMILES string of the molecule is CCCCC(=O)OC(CNC1CCCCC1)CS(=O)(=O)[O-]. The van der Waals surface area contributed by atoms with E-state index in [4.69, 9.17) is 4.74 Å². The molecular weight excluding hydrogens is 294 g/mol. The van der Waals surface area contributed by atoms with Crippen molar-refractivity contribution < 1.29 is 22.5 Å². The van der Waals surface area contributed by atoms with Gasteiger partial charge in [-0.15, -0.1) is 0 Å². The summed E-state index contributed by atoms with van der Waals surface area (Å²) in [4.78, 5) is 11.6. The minimum absolute atomic E-state index is 0.226. The molecule has 1 aliphatic carbocycles. The zero-order valence-corrected chi connectivity index (χ0v) is 13.5. The molecule has 0 radical (unpaired) electrons. The molecule has 1 aliphatic rings. The number of carbonyl (C=O) groups excluding carboxylic acids is 1. The summed E-state index contributed by atoms with van der Waals surface area (Å²) in [6, 6.07) is 0.324. The van der Waals surface area contributed by atoms with Gasteiger partial charge in [-0.25, -0.2) is 8.42 Å². The molecule has 1 N–H and O–H groups in total. The van der Waals surface area contributed by atoms with Crippen LogP contribution in [0.15, 0.2) is 0 Å². The van der Waals surface area contributed by atoms with Crippen molar-refractivity contribution in [3.63, 3.8) is 0 Å². The van der Waals surface area contributed by atoms with Crippen molar-refractivity contribution in [1.82, 2.24) is 5.32 Å². The number of carbonyl (C=O) groups is 1. The molecule has 0 spiro atoms. The molecule has 0 aromatic rings. The molecule has 0 saturated heterocycles. The van der Waals surface area contributed by atoms with Gasteiger partial charge in [0.2, 0.25) is 0 Å². The van der Waals surface area contributed by atoms with Gasteiger partial charge in [0, 0.05) is 19.0 Å². The maximum Gasteiger partial charge on any atom is 0.306 e. The van der Waals surface area contributed by atoms with Crippen molar-refractivity contribution in [1.29, 1.82) is 0 Å². The van der Waals surface area contributed by atoms with E-state index in [1.165, 1.54) is 6.42 Å². The van der Waals surface area contributed by atoms with E-state index in [9.17, 15) is 17.8 Å². The van der Waals surface area contributed by atoms with Gasteiger partial charge in [-0.1, -0.05) is 32.6 Å². The van der Waals surface area contributed by atoms with Crippen LogP contribution in [0.2, 0.25) is 0 Å². The lowest BCUT2D eigenvalue weighted by Crippen LogP contribution is -2.41. The summed E-state index contributed by atoms with van der Waals surface area (Å²) in [7, 11) is -4.41. The van der Waals surface area contributed by atoms with Gasteiger partial charge in [0.25, 0.3) is 0 Å². The average Bonchev–Trinajstić information content (AvgIpc) is 2.42. The number of hydrogen-bond donors (Lipinski definition) is 1. The smallest absolute Gasteiger partial charge is 0.306 e. The van der Waals surface area contributed by atoms with Crippen molar-refractivity contribution in [2.75, 3.05) is 12.3 Å². The van der Waals surface area contributed by atoms with Crippen molar-refractivity contribution in [2.24, 2.45) is 0 Å². The average molecular weight is 320 g/mol. The summed E-state index contributed by atoms with van der Waals surface area (Å²) in [6.07, 6.45) is 6.54.